The number of ether oxygens (including phenoxy) is 3. The van der Waals surface area contributed by atoms with Crippen LogP contribution in [0.25, 0.3) is 0 Å². The Kier molecular flexibility index (Phi) is 49.9. The van der Waals surface area contributed by atoms with E-state index in [1.807, 2.05) is 0 Å². The van der Waals surface area contributed by atoms with Gasteiger partial charge in [0.1, 0.15) is 13.2 Å². The highest BCUT2D eigenvalue weighted by atomic mass is 16.6. The van der Waals surface area contributed by atoms with E-state index < -0.39 is 6.10 Å². The zero-order valence-electron chi connectivity index (χ0n) is 42.0. The Balaban J connectivity index is 4.42. The lowest BCUT2D eigenvalue weighted by molar-refractivity contribution is -0.167. The second-order valence-corrected chi connectivity index (χ2v) is 17.8. The first-order chi connectivity index (χ1) is 31.5. The summed E-state index contributed by atoms with van der Waals surface area (Å²) in [6.07, 6.45) is 66.0. The molecule has 368 valence electrons. The fraction of sp³-hybridized carbons (Fsp3) is 0.741. The SMILES string of the molecule is CC/C=C\C/C=C\C/C=C\C/C=C\C/C=C\CCCCCC(=O)OCC(COC(=O)CCCCCCCCCCCCC)OC(=O)CCCCCCC/C=C\CCCCCCCCC. The molecule has 6 heteroatoms. The van der Waals surface area contributed by atoms with Crippen LogP contribution in [-0.2, 0) is 28.6 Å². The topological polar surface area (TPSA) is 78.9 Å². The second-order valence-electron chi connectivity index (χ2n) is 17.8. The molecule has 0 aliphatic carbocycles. The van der Waals surface area contributed by atoms with E-state index in [4.69, 9.17) is 14.2 Å². The Bertz CT molecular complexity index is 1210. The minimum absolute atomic E-state index is 0.0877. The molecule has 0 aromatic heterocycles. The Hall–Kier alpha value is -3.15. The molecule has 0 saturated carbocycles. The summed E-state index contributed by atoms with van der Waals surface area (Å²) in [6, 6.07) is 0. The standard InChI is InChI=1S/C58H100O6/c1-4-7-10-13-16-19-22-24-26-28-29-30-32-33-36-39-42-45-48-51-57(60)63-54-55(53-62-56(59)50-47-44-41-38-35-21-18-15-12-9-6-3)64-58(61)52-49-46-43-40-37-34-31-27-25-23-20-17-14-11-8-5-2/h7,10,16,19,24,26-27,29-31,33,36,55H,4-6,8-9,11-15,17-18,20-23,25,28,32,34-35,37-54H2,1-3H3/b10-7-,19-16-,26-24-,30-29-,31-27-,36-33-. The molecular weight excluding hydrogens is 793 g/mol. The number of unbranched alkanes of at least 4 members (excludes halogenated alkanes) is 25. The number of rotatable bonds is 48. The average molecular weight is 893 g/mol. The number of carbonyl (C=O) groups is 3. The predicted octanol–water partition coefficient (Wildman–Crippen LogP) is 17.8. The van der Waals surface area contributed by atoms with Crippen molar-refractivity contribution in [3.8, 4) is 0 Å². The van der Waals surface area contributed by atoms with Crippen LogP contribution in [0.3, 0.4) is 0 Å². The molecule has 6 nitrogen and oxygen atoms in total. The molecule has 0 aromatic carbocycles. The van der Waals surface area contributed by atoms with Gasteiger partial charge in [-0.05, 0) is 89.9 Å². The number of esters is 3. The molecule has 0 aliphatic rings. The average Bonchev–Trinajstić information content (AvgIpc) is 3.29. The predicted molar refractivity (Wildman–Crippen MR) is 274 cm³/mol. The maximum absolute atomic E-state index is 12.8. The maximum atomic E-state index is 12.8. The van der Waals surface area contributed by atoms with Crippen molar-refractivity contribution in [1.29, 1.82) is 0 Å². The summed E-state index contributed by atoms with van der Waals surface area (Å²) in [5.41, 5.74) is 0. The molecule has 0 spiro atoms. The van der Waals surface area contributed by atoms with E-state index in [0.29, 0.717) is 19.3 Å². The molecule has 0 saturated heterocycles. The molecule has 0 rings (SSSR count). The highest BCUT2D eigenvalue weighted by molar-refractivity contribution is 5.71. The Labute approximate surface area is 395 Å². The van der Waals surface area contributed by atoms with Crippen molar-refractivity contribution >= 4 is 17.9 Å². The quantitative estimate of drug-likeness (QED) is 0.0262. The molecule has 0 fully saturated rings. The van der Waals surface area contributed by atoms with Crippen molar-refractivity contribution in [2.75, 3.05) is 13.2 Å². The maximum Gasteiger partial charge on any atom is 0.306 e. The smallest absolute Gasteiger partial charge is 0.306 e. The Morgan fingerprint density at radius 3 is 0.984 bits per heavy atom. The molecule has 0 heterocycles. The van der Waals surface area contributed by atoms with E-state index in [2.05, 4.69) is 93.7 Å². The lowest BCUT2D eigenvalue weighted by Crippen LogP contribution is -2.30. The number of allylic oxidation sites excluding steroid dienone is 12. The normalized spacial score (nSPS) is 12.6. The molecular formula is C58H100O6. The summed E-state index contributed by atoms with van der Waals surface area (Å²) in [5, 5.41) is 0. The van der Waals surface area contributed by atoms with Gasteiger partial charge < -0.3 is 14.2 Å². The first-order valence-corrected chi connectivity index (χ1v) is 26.9. The van der Waals surface area contributed by atoms with E-state index in [0.717, 1.165) is 109 Å². The summed E-state index contributed by atoms with van der Waals surface area (Å²) in [5.74, 6) is -0.926. The third kappa shape index (κ3) is 49.9. The molecule has 0 aromatic rings. The van der Waals surface area contributed by atoms with Gasteiger partial charge in [0.2, 0.25) is 0 Å². The van der Waals surface area contributed by atoms with Crippen molar-refractivity contribution in [3.63, 3.8) is 0 Å². The van der Waals surface area contributed by atoms with Crippen molar-refractivity contribution < 1.29 is 28.6 Å². The van der Waals surface area contributed by atoms with Crippen molar-refractivity contribution in [2.45, 2.75) is 264 Å². The highest BCUT2D eigenvalue weighted by Gasteiger charge is 2.19. The third-order valence-corrected chi connectivity index (χ3v) is 11.4. The van der Waals surface area contributed by atoms with E-state index in [1.54, 1.807) is 0 Å². The first-order valence-electron chi connectivity index (χ1n) is 26.9. The minimum atomic E-state index is -0.791. The number of hydrogen-bond donors (Lipinski definition) is 0. The zero-order chi connectivity index (χ0) is 46.5. The van der Waals surface area contributed by atoms with E-state index in [1.165, 1.54) is 109 Å². The van der Waals surface area contributed by atoms with Gasteiger partial charge in [-0.15, -0.1) is 0 Å². The summed E-state index contributed by atoms with van der Waals surface area (Å²) in [4.78, 5) is 38.0. The lowest BCUT2D eigenvalue weighted by atomic mass is 10.1. The van der Waals surface area contributed by atoms with Gasteiger partial charge in [-0.1, -0.05) is 222 Å². The van der Waals surface area contributed by atoms with Crippen LogP contribution < -0.4 is 0 Å². The van der Waals surface area contributed by atoms with E-state index in [9.17, 15) is 14.4 Å². The van der Waals surface area contributed by atoms with Crippen LogP contribution in [0.5, 0.6) is 0 Å². The van der Waals surface area contributed by atoms with Gasteiger partial charge in [-0.3, -0.25) is 14.4 Å². The Morgan fingerprint density at radius 1 is 0.328 bits per heavy atom. The van der Waals surface area contributed by atoms with Gasteiger partial charge in [0, 0.05) is 19.3 Å². The van der Waals surface area contributed by atoms with Crippen LogP contribution in [0.2, 0.25) is 0 Å². The summed E-state index contributed by atoms with van der Waals surface area (Å²) in [6.45, 7) is 6.49. The van der Waals surface area contributed by atoms with Crippen molar-refractivity contribution in [1.82, 2.24) is 0 Å². The van der Waals surface area contributed by atoms with E-state index in [-0.39, 0.29) is 31.1 Å². The molecule has 1 unspecified atom stereocenters. The Morgan fingerprint density at radius 2 is 0.609 bits per heavy atom. The van der Waals surface area contributed by atoms with Crippen LogP contribution in [0.4, 0.5) is 0 Å². The van der Waals surface area contributed by atoms with Gasteiger partial charge >= 0.3 is 17.9 Å². The number of carbonyl (C=O) groups excluding carboxylic acids is 3. The van der Waals surface area contributed by atoms with Crippen LogP contribution in [-0.4, -0.2) is 37.2 Å². The number of hydrogen-bond acceptors (Lipinski definition) is 6. The molecule has 64 heavy (non-hydrogen) atoms. The third-order valence-electron chi connectivity index (χ3n) is 11.4. The second kappa shape index (κ2) is 52.5. The van der Waals surface area contributed by atoms with Crippen molar-refractivity contribution in [2.24, 2.45) is 0 Å². The van der Waals surface area contributed by atoms with E-state index >= 15 is 0 Å². The highest BCUT2D eigenvalue weighted by Crippen LogP contribution is 2.14. The lowest BCUT2D eigenvalue weighted by Gasteiger charge is -2.18. The first kappa shape index (κ1) is 60.9. The fourth-order valence-electron chi connectivity index (χ4n) is 7.40. The summed E-state index contributed by atoms with van der Waals surface area (Å²) < 4.78 is 16.8. The molecule has 0 bridgehead atoms. The fourth-order valence-corrected chi connectivity index (χ4v) is 7.40. The molecule has 0 N–H and O–H groups in total. The van der Waals surface area contributed by atoms with Crippen molar-refractivity contribution in [3.05, 3.63) is 72.9 Å². The molecule has 0 aliphatic heterocycles. The summed E-state index contributed by atoms with van der Waals surface area (Å²) in [7, 11) is 0. The molecule has 0 amide bonds. The van der Waals surface area contributed by atoms with Crippen LogP contribution in [0, 0.1) is 0 Å². The van der Waals surface area contributed by atoms with Crippen LogP contribution in [0.15, 0.2) is 72.9 Å². The zero-order valence-corrected chi connectivity index (χ0v) is 42.0. The van der Waals surface area contributed by atoms with Crippen LogP contribution in [0.1, 0.15) is 258 Å². The monoisotopic (exact) mass is 893 g/mol. The van der Waals surface area contributed by atoms with Gasteiger partial charge in [-0.25, -0.2) is 0 Å². The minimum Gasteiger partial charge on any atom is -0.462 e. The van der Waals surface area contributed by atoms with Gasteiger partial charge in [0.15, 0.2) is 6.10 Å². The van der Waals surface area contributed by atoms with Gasteiger partial charge in [0.25, 0.3) is 0 Å². The molecule has 0 radical (unpaired) electrons. The largest absolute Gasteiger partial charge is 0.462 e. The van der Waals surface area contributed by atoms with Gasteiger partial charge in [-0.2, -0.15) is 0 Å². The summed E-state index contributed by atoms with van der Waals surface area (Å²) >= 11 is 0. The van der Waals surface area contributed by atoms with Gasteiger partial charge in [0.05, 0.1) is 0 Å². The van der Waals surface area contributed by atoms with Crippen LogP contribution >= 0.6 is 0 Å². The molecule has 1 atom stereocenters.